The molecule has 0 aliphatic heterocycles. The molecule has 0 heteroatoms. The summed E-state index contributed by atoms with van der Waals surface area (Å²) >= 11 is 0. The summed E-state index contributed by atoms with van der Waals surface area (Å²) in [5.74, 6) is 0. The van der Waals surface area contributed by atoms with Gasteiger partial charge in [-0.05, 0) is 137 Å². The zero-order valence-electron chi connectivity index (χ0n) is 34.8. The van der Waals surface area contributed by atoms with Crippen LogP contribution in [0.15, 0.2) is 54.6 Å². The van der Waals surface area contributed by atoms with Crippen LogP contribution in [0.1, 0.15) is 200 Å². The molecule has 0 saturated heterocycles. The van der Waals surface area contributed by atoms with E-state index in [2.05, 4.69) is 147 Å². The Labute approximate surface area is 300 Å². The number of rotatable bonds is 16. The summed E-state index contributed by atoms with van der Waals surface area (Å²) in [6.07, 6.45) is 14.3. The Morgan fingerprint density at radius 1 is 0.479 bits per heavy atom. The van der Waals surface area contributed by atoms with E-state index in [1.807, 2.05) is 0 Å². The first kappa shape index (κ1) is 42.1. The van der Waals surface area contributed by atoms with Crippen LogP contribution >= 0.6 is 0 Å². The molecule has 2 aromatic carbocycles. The maximum atomic E-state index is 4.64. The Morgan fingerprint density at radius 3 is 1.15 bits per heavy atom. The number of hydrogen-bond acceptors (Lipinski definition) is 0. The van der Waals surface area contributed by atoms with E-state index < -0.39 is 0 Å². The third-order valence-electron chi connectivity index (χ3n) is 10.9. The third kappa shape index (κ3) is 12.7. The first-order valence-corrected chi connectivity index (χ1v) is 19.5. The van der Waals surface area contributed by atoms with Crippen LogP contribution in [0.5, 0.6) is 0 Å². The summed E-state index contributed by atoms with van der Waals surface area (Å²) in [6.45, 7) is 44.5. The van der Waals surface area contributed by atoms with Gasteiger partial charge < -0.3 is 0 Å². The minimum absolute atomic E-state index is 0.146. The lowest BCUT2D eigenvalue weighted by atomic mass is 9.70. The fourth-order valence-electron chi connectivity index (χ4n) is 7.77. The Balaban J connectivity index is 2.11. The molecular formula is C48H78. The lowest BCUT2D eigenvalue weighted by Gasteiger charge is -2.35. The van der Waals surface area contributed by atoms with Crippen molar-refractivity contribution in [3.8, 4) is 0 Å². The highest BCUT2D eigenvalue weighted by molar-refractivity contribution is 5.45. The molecule has 0 fully saturated rings. The molecule has 270 valence electrons. The summed E-state index contributed by atoms with van der Waals surface area (Å²) < 4.78 is 0. The second-order valence-electron chi connectivity index (χ2n) is 19.7. The van der Waals surface area contributed by atoms with Gasteiger partial charge in [0.1, 0.15) is 0 Å². The van der Waals surface area contributed by atoms with Crippen LogP contribution in [0.4, 0.5) is 0 Å². The van der Waals surface area contributed by atoms with Crippen molar-refractivity contribution >= 4 is 0 Å². The highest BCUT2D eigenvalue weighted by Gasteiger charge is 2.29. The monoisotopic (exact) mass is 655 g/mol. The quantitative estimate of drug-likeness (QED) is 0.158. The van der Waals surface area contributed by atoms with Gasteiger partial charge in [0.2, 0.25) is 0 Å². The van der Waals surface area contributed by atoms with Gasteiger partial charge in [-0.1, -0.05) is 164 Å². The predicted octanol–water partition coefficient (Wildman–Crippen LogP) is 15.0. The summed E-state index contributed by atoms with van der Waals surface area (Å²) in [4.78, 5) is 0. The molecule has 0 spiro atoms. The molecule has 0 atom stereocenters. The lowest BCUT2D eigenvalue weighted by molar-refractivity contribution is 0.194. The van der Waals surface area contributed by atoms with E-state index in [-0.39, 0.29) is 21.7 Å². The molecule has 0 unspecified atom stereocenters. The van der Waals surface area contributed by atoms with Gasteiger partial charge in [0.15, 0.2) is 0 Å². The van der Waals surface area contributed by atoms with Crippen molar-refractivity contribution in [3.05, 3.63) is 93.6 Å². The van der Waals surface area contributed by atoms with Crippen LogP contribution in [0.25, 0.3) is 0 Å². The molecule has 0 N–H and O–H groups in total. The third-order valence-corrected chi connectivity index (χ3v) is 10.9. The number of allylic oxidation sites excluding steroid dienone is 2. The van der Waals surface area contributed by atoms with Crippen molar-refractivity contribution < 1.29 is 0 Å². The lowest BCUT2D eigenvalue weighted by Crippen LogP contribution is -2.21. The van der Waals surface area contributed by atoms with Gasteiger partial charge in [0.05, 0.1) is 0 Å². The van der Waals surface area contributed by atoms with Gasteiger partial charge in [0.25, 0.3) is 0 Å². The zero-order chi connectivity index (χ0) is 36.7. The number of aryl methyl sites for hydroxylation is 2. The van der Waals surface area contributed by atoms with Crippen LogP contribution in [0, 0.1) is 12.3 Å². The molecule has 0 aliphatic carbocycles. The number of hydrogen-bond donors (Lipinski definition) is 0. The Kier molecular flexibility index (Phi) is 14.7. The van der Waals surface area contributed by atoms with E-state index in [1.54, 1.807) is 0 Å². The number of benzene rings is 2. The van der Waals surface area contributed by atoms with Crippen LogP contribution < -0.4 is 0 Å². The van der Waals surface area contributed by atoms with Crippen LogP contribution in [-0.2, 0) is 34.5 Å². The second kappa shape index (κ2) is 16.8. The SMILES string of the molecule is C=C(CCc1cc(C(C)(C)C)cc(C(C)(C)C)c1)CCC(CCC)(CCC)CCC(=C)CCc1cc(C(C)(C)C)c(C)c(C(C)(C)C)c1. The highest BCUT2D eigenvalue weighted by atomic mass is 14.3. The predicted molar refractivity (Wildman–Crippen MR) is 218 cm³/mol. The van der Waals surface area contributed by atoms with Gasteiger partial charge in [-0.15, -0.1) is 0 Å². The summed E-state index contributed by atoms with van der Waals surface area (Å²) in [6, 6.07) is 12.3. The van der Waals surface area contributed by atoms with Gasteiger partial charge in [-0.2, -0.15) is 0 Å². The van der Waals surface area contributed by atoms with Gasteiger partial charge in [0, 0.05) is 0 Å². The van der Waals surface area contributed by atoms with Crippen molar-refractivity contribution in [3.63, 3.8) is 0 Å². The van der Waals surface area contributed by atoms with Crippen molar-refractivity contribution in [2.45, 2.75) is 203 Å². The van der Waals surface area contributed by atoms with Crippen molar-refractivity contribution in [2.75, 3.05) is 0 Å². The van der Waals surface area contributed by atoms with E-state index in [9.17, 15) is 0 Å². The molecule has 0 aromatic heterocycles. The van der Waals surface area contributed by atoms with Crippen molar-refractivity contribution in [1.82, 2.24) is 0 Å². The van der Waals surface area contributed by atoms with Crippen LogP contribution in [0.2, 0.25) is 0 Å². The molecule has 0 aliphatic rings. The molecule has 0 amide bonds. The maximum Gasteiger partial charge on any atom is -0.0129 e. The first-order chi connectivity index (χ1) is 21.9. The molecule has 0 bridgehead atoms. The largest absolute Gasteiger partial charge is 0.0998 e. The zero-order valence-corrected chi connectivity index (χ0v) is 34.8. The molecular weight excluding hydrogens is 577 g/mol. The van der Waals surface area contributed by atoms with E-state index >= 15 is 0 Å². The van der Waals surface area contributed by atoms with Gasteiger partial charge in [-0.3, -0.25) is 0 Å². The molecule has 2 rings (SSSR count). The standard InChI is InChI=1S/C48H78/c1-18-26-48(27-19-2,28-24-35(3)20-22-38-30-40(44(6,7)8)34-41(31-38)45(9,10)11)29-25-36(4)21-23-39-32-42(46(12,13)14)37(5)43(33-39)47(15,16)17/h30-34H,3-4,18-29H2,1-2,5-17H3. The minimum atomic E-state index is 0.146. The van der Waals surface area contributed by atoms with Crippen LogP contribution in [-0.4, -0.2) is 0 Å². The smallest absolute Gasteiger partial charge is 0.0129 e. The molecule has 0 heterocycles. The summed E-state index contributed by atoms with van der Waals surface area (Å²) in [7, 11) is 0. The fraction of sp³-hybridized carbons (Fsp3) is 0.667. The van der Waals surface area contributed by atoms with E-state index in [0.29, 0.717) is 5.41 Å². The molecule has 0 nitrogen and oxygen atoms in total. The average Bonchev–Trinajstić information content (AvgIpc) is 2.95. The normalized spacial score (nSPS) is 13.2. The molecule has 2 aromatic rings. The van der Waals surface area contributed by atoms with Crippen molar-refractivity contribution in [1.29, 1.82) is 0 Å². The van der Waals surface area contributed by atoms with Crippen LogP contribution in [0.3, 0.4) is 0 Å². The first-order valence-electron chi connectivity index (χ1n) is 19.5. The summed E-state index contributed by atoms with van der Waals surface area (Å²) in [5, 5.41) is 0. The van der Waals surface area contributed by atoms with Gasteiger partial charge >= 0.3 is 0 Å². The van der Waals surface area contributed by atoms with E-state index in [1.165, 1.54) is 88.6 Å². The minimum Gasteiger partial charge on any atom is -0.0998 e. The van der Waals surface area contributed by atoms with Gasteiger partial charge in [-0.25, -0.2) is 0 Å². The second-order valence-corrected chi connectivity index (χ2v) is 19.7. The summed E-state index contributed by atoms with van der Waals surface area (Å²) in [5.41, 5.74) is 14.2. The molecule has 48 heavy (non-hydrogen) atoms. The molecule has 0 saturated carbocycles. The fourth-order valence-corrected chi connectivity index (χ4v) is 7.77. The van der Waals surface area contributed by atoms with E-state index in [4.69, 9.17) is 0 Å². The maximum absolute atomic E-state index is 4.64. The Bertz CT molecular complexity index is 1280. The van der Waals surface area contributed by atoms with E-state index in [0.717, 1.165) is 38.5 Å². The molecule has 0 radical (unpaired) electrons. The Hall–Kier alpha value is -2.08. The highest BCUT2D eigenvalue weighted by Crippen LogP contribution is 2.42. The van der Waals surface area contributed by atoms with Crippen molar-refractivity contribution in [2.24, 2.45) is 5.41 Å². The average molecular weight is 655 g/mol. The Morgan fingerprint density at radius 2 is 0.833 bits per heavy atom. The topological polar surface area (TPSA) is 0 Å².